The highest BCUT2D eigenvalue weighted by Crippen LogP contribution is 2.16. The van der Waals surface area contributed by atoms with E-state index in [1.54, 1.807) is 0 Å². The van der Waals surface area contributed by atoms with Crippen LogP contribution in [0.4, 0.5) is 0 Å². The van der Waals surface area contributed by atoms with Crippen LogP contribution in [0.2, 0.25) is 0 Å². The molecule has 1 atom stereocenters. The van der Waals surface area contributed by atoms with Gasteiger partial charge in [-0.1, -0.05) is 248 Å². The lowest BCUT2D eigenvalue weighted by atomic mass is 10.0. The molecule has 0 amide bonds. The SMILES string of the molecule is CCCCC/C=C\C/C=C\C/C=C\C/C=C\CCCC(=O)OC[C@H](COC(=O)CCCCCCCCCCCCCCCCCCCCC)OC(=O)CCCCCCC/C=C\CCCCCC. The van der Waals surface area contributed by atoms with E-state index in [1.807, 2.05) is 0 Å². The van der Waals surface area contributed by atoms with Crippen molar-refractivity contribution in [3.8, 4) is 0 Å². The van der Waals surface area contributed by atoms with E-state index in [1.165, 1.54) is 167 Å². The smallest absolute Gasteiger partial charge is 0.306 e. The number of carbonyl (C=O) groups excluding carboxylic acids is 3. The molecule has 0 saturated heterocycles. The van der Waals surface area contributed by atoms with E-state index in [4.69, 9.17) is 14.2 Å². The third-order valence-electron chi connectivity index (χ3n) is 12.5. The van der Waals surface area contributed by atoms with Crippen molar-refractivity contribution in [1.29, 1.82) is 0 Å². The van der Waals surface area contributed by atoms with Gasteiger partial charge >= 0.3 is 17.9 Å². The van der Waals surface area contributed by atoms with E-state index in [0.717, 1.165) is 77.0 Å². The van der Waals surface area contributed by atoms with Crippen LogP contribution in [0, 0.1) is 0 Å². The number of unbranched alkanes of at least 4 members (excludes halogenated alkanes) is 31. The zero-order chi connectivity index (χ0) is 48.6. The van der Waals surface area contributed by atoms with Gasteiger partial charge in [0.1, 0.15) is 13.2 Å². The second kappa shape index (κ2) is 55.7. The summed E-state index contributed by atoms with van der Waals surface area (Å²) < 4.78 is 16.8. The molecule has 67 heavy (non-hydrogen) atoms. The van der Waals surface area contributed by atoms with Gasteiger partial charge < -0.3 is 14.2 Å². The number of hydrogen-bond donors (Lipinski definition) is 0. The number of hydrogen-bond acceptors (Lipinski definition) is 6. The molecule has 0 rings (SSSR count). The van der Waals surface area contributed by atoms with Gasteiger partial charge in [0.25, 0.3) is 0 Å². The summed E-state index contributed by atoms with van der Waals surface area (Å²) in [6.45, 7) is 6.57. The molecule has 0 spiro atoms. The monoisotopic (exact) mass is 937 g/mol. The Morgan fingerprint density at radius 2 is 0.552 bits per heavy atom. The van der Waals surface area contributed by atoms with Crippen LogP contribution >= 0.6 is 0 Å². The first kappa shape index (κ1) is 64.1. The number of carbonyl (C=O) groups is 3. The second-order valence-electron chi connectivity index (χ2n) is 19.2. The Hall–Kier alpha value is -2.89. The van der Waals surface area contributed by atoms with Gasteiger partial charge in [-0.05, 0) is 83.5 Å². The zero-order valence-electron chi connectivity index (χ0n) is 44.4. The fraction of sp³-hybridized carbons (Fsp3) is 0.787. The maximum atomic E-state index is 12.8. The minimum absolute atomic E-state index is 0.0919. The molecular weight excluding hydrogens is 829 g/mol. The van der Waals surface area contributed by atoms with Gasteiger partial charge in [-0.15, -0.1) is 0 Å². The Bertz CT molecular complexity index is 1210. The molecule has 0 radical (unpaired) electrons. The molecule has 0 fully saturated rings. The molecule has 0 saturated carbocycles. The number of allylic oxidation sites excluding steroid dienone is 10. The first-order chi connectivity index (χ1) is 33.0. The van der Waals surface area contributed by atoms with E-state index in [9.17, 15) is 14.4 Å². The lowest BCUT2D eigenvalue weighted by Crippen LogP contribution is -2.30. The molecule has 0 heterocycles. The van der Waals surface area contributed by atoms with E-state index in [-0.39, 0.29) is 37.5 Å². The molecular formula is C61H108O6. The van der Waals surface area contributed by atoms with Crippen LogP contribution in [0.25, 0.3) is 0 Å². The Morgan fingerprint density at radius 1 is 0.299 bits per heavy atom. The van der Waals surface area contributed by atoms with Gasteiger partial charge in [-0.25, -0.2) is 0 Å². The van der Waals surface area contributed by atoms with Crippen LogP contribution in [0.15, 0.2) is 60.8 Å². The van der Waals surface area contributed by atoms with Crippen molar-refractivity contribution in [1.82, 2.24) is 0 Å². The lowest BCUT2D eigenvalue weighted by molar-refractivity contribution is -0.167. The van der Waals surface area contributed by atoms with Gasteiger partial charge in [-0.2, -0.15) is 0 Å². The summed E-state index contributed by atoms with van der Waals surface area (Å²) in [6, 6.07) is 0. The first-order valence-electron chi connectivity index (χ1n) is 28.8. The van der Waals surface area contributed by atoms with Crippen molar-refractivity contribution in [3.63, 3.8) is 0 Å². The van der Waals surface area contributed by atoms with Gasteiger partial charge in [0, 0.05) is 19.3 Å². The van der Waals surface area contributed by atoms with Crippen LogP contribution in [0.3, 0.4) is 0 Å². The summed E-state index contributed by atoms with van der Waals surface area (Å²) in [5, 5.41) is 0. The minimum Gasteiger partial charge on any atom is -0.462 e. The summed E-state index contributed by atoms with van der Waals surface area (Å²) in [6.07, 6.45) is 69.3. The van der Waals surface area contributed by atoms with Gasteiger partial charge in [-0.3, -0.25) is 14.4 Å². The quantitative estimate of drug-likeness (QED) is 0.0262. The lowest BCUT2D eigenvalue weighted by Gasteiger charge is -2.18. The normalized spacial score (nSPS) is 12.5. The molecule has 0 N–H and O–H groups in total. The third-order valence-corrected chi connectivity index (χ3v) is 12.5. The molecule has 0 aromatic carbocycles. The topological polar surface area (TPSA) is 78.9 Å². The van der Waals surface area contributed by atoms with Crippen molar-refractivity contribution in [2.45, 2.75) is 297 Å². The number of rotatable bonds is 52. The van der Waals surface area contributed by atoms with Crippen LogP contribution in [-0.4, -0.2) is 37.2 Å². The zero-order valence-corrected chi connectivity index (χ0v) is 44.4. The molecule has 388 valence electrons. The average molecular weight is 938 g/mol. The van der Waals surface area contributed by atoms with Crippen LogP contribution in [0.5, 0.6) is 0 Å². The Balaban J connectivity index is 4.40. The van der Waals surface area contributed by atoms with Crippen molar-refractivity contribution >= 4 is 17.9 Å². The number of ether oxygens (including phenoxy) is 3. The fourth-order valence-electron chi connectivity index (χ4n) is 8.14. The van der Waals surface area contributed by atoms with Crippen LogP contribution < -0.4 is 0 Å². The van der Waals surface area contributed by atoms with Crippen molar-refractivity contribution in [3.05, 3.63) is 60.8 Å². The predicted octanol–water partition coefficient (Wildman–Crippen LogP) is 19.2. The summed E-state index contributed by atoms with van der Waals surface area (Å²) in [5.41, 5.74) is 0. The highest BCUT2D eigenvalue weighted by molar-refractivity contribution is 5.71. The predicted molar refractivity (Wildman–Crippen MR) is 288 cm³/mol. The Morgan fingerprint density at radius 3 is 0.955 bits per heavy atom. The Kier molecular flexibility index (Phi) is 53.3. The first-order valence-corrected chi connectivity index (χ1v) is 28.8. The minimum atomic E-state index is -0.798. The highest BCUT2D eigenvalue weighted by atomic mass is 16.6. The molecule has 0 bridgehead atoms. The summed E-state index contributed by atoms with van der Waals surface area (Å²) in [5.74, 6) is -0.948. The van der Waals surface area contributed by atoms with E-state index < -0.39 is 6.10 Å². The van der Waals surface area contributed by atoms with E-state index in [0.29, 0.717) is 19.3 Å². The highest BCUT2D eigenvalue weighted by Gasteiger charge is 2.19. The summed E-state index contributed by atoms with van der Waals surface area (Å²) >= 11 is 0. The third kappa shape index (κ3) is 53.9. The van der Waals surface area contributed by atoms with E-state index >= 15 is 0 Å². The van der Waals surface area contributed by atoms with Gasteiger partial charge in [0.05, 0.1) is 0 Å². The largest absolute Gasteiger partial charge is 0.462 e. The maximum Gasteiger partial charge on any atom is 0.306 e. The van der Waals surface area contributed by atoms with Gasteiger partial charge in [0.2, 0.25) is 0 Å². The fourth-order valence-corrected chi connectivity index (χ4v) is 8.14. The maximum absolute atomic E-state index is 12.8. The average Bonchev–Trinajstić information content (AvgIpc) is 3.33. The molecule has 0 aliphatic carbocycles. The van der Waals surface area contributed by atoms with Crippen molar-refractivity contribution in [2.24, 2.45) is 0 Å². The number of esters is 3. The molecule has 0 aliphatic heterocycles. The molecule has 0 aromatic heterocycles. The van der Waals surface area contributed by atoms with Crippen molar-refractivity contribution < 1.29 is 28.6 Å². The van der Waals surface area contributed by atoms with Gasteiger partial charge in [0.15, 0.2) is 6.10 Å². The molecule has 0 aromatic rings. The van der Waals surface area contributed by atoms with Crippen LogP contribution in [-0.2, 0) is 28.6 Å². The molecule has 0 unspecified atom stereocenters. The summed E-state index contributed by atoms with van der Waals surface area (Å²) in [4.78, 5) is 38.1. The second-order valence-corrected chi connectivity index (χ2v) is 19.2. The molecule has 6 heteroatoms. The van der Waals surface area contributed by atoms with Crippen molar-refractivity contribution in [2.75, 3.05) is 13.2 Å². The molecule has 0 aliphatic rings. The van der Waals surface area contributed by atoms with Crippen LogP contribution in [0.1, 0.15) is 290 Å². The Labute approximate surface area is 415 Å². The van der Waals surface area contributed by atoms with E-state index in [2.05, 4.69) is 81.5 Å². The molecule has 6 nitrogen and oxygen atoms in total. The summed E-state index contributed by atoms with van der Waals surface area (Å²) in [7, 11) is 0. The standard InChI is InChI=1S/C61H108O6/c1-4-7-10-13-16-19-22-25-27-29-30-32-34-37-39-42-45-48-51-54-60(63)66-57-58(67-61(64)55-52-49-46-43-40-35-24-21-18-15-12-9-6-3)56-65-59(62)53-50-47-44-41-38-36-33-31-28-26-23-20-17-14-11-8-5-2/h17,20-21,24,26,28,33,36,41,44,58H,4-16,18-19,22-23,25,27,29-32,34-35,37-40,42-43,45-57H2,1-3H3/b20-17-,24-21-,28-26-,36-33-,44-41-/t58-/m1/s1.